The fourth-order valence-corrected chi connectivity index (χ4v) is 2.75. The average Bonchev–Trinajstić information content (AvgIpc) is 2.85. The Balaban J connectivity index is 2.23. The lowest BCUT2D eigenvalue weighted by atomic mass is 9.87. The zero-order valence-corrected chi connectivity index (χ0v) is 14.2. The summed E-state index contributed by atoms with van der Waals surface area (Å²) in [7, 11) is 1.56. The number of urea groups is 1. The van der Waals surface area contributed by atoms with E-state index in [9.17, 15) is 14.4 Å². The van der Waals surface area contributed by atoms with E-state index in [1.54, 1.807) is 31.4 Å². The molecule has 2 rings (SSSR count). The molecule has 24 heavy (non-hydrogen) atoms. The van der Waals surface area contributed by atoms with Gasteiger partial charge >= 0.3 is 6.03 Å². The summed E-state index contributed by atoms with van der Waals surface area (Å²) in [4.78, 5) is 38.0. The van der Waals surface area contributed by atoms with Crippen molar-refractivity contribution in [3.63, 3.8) is 0 Å². The van der Waals surface area contributed by atoms with Crippen LogP contribution in [0.25, 0.3) is 0 Å². The van der Waals surface area contributed by atoms with Gasteiger partial charge in [-0.15, -0.1) is 0 Å². The Morgan fingerprint density at radius 3 is 2.46 bits per heavy atom. The summed E-state index contributed by atoms with van der Waals surface area (Å²) in [5.41, 5.74) is -0.477. The summed E-state index contributed by atoms with van der Waals surface area (Å²) in [6, 6.07) is 6.43. The van der Waals surface area contributed by atoms with Crippen LogP contribution in [0.2, 0.25) is 0 Å². The van der Waals surface area contributed by atoms with Crippen LogP contribution in [-0.4, -0.2) is 42.9 Å². The normalized spacial score (nSPS) is 20.0. The third kappa shape index (κ3) is 3.20. The molecule has 1 fully saturated rings. The van der Waals surface area contributed by atoms with Gasteiger partial charge in [0, 0.05) is 6.54 Å². The quantitative estimate of drug-likeness (QED) is 0.738. The molecule has 2 N–H and O–H groups in total. The number of nitrogens with zero attached hydrogens (tertiary/aromatic N) is 1. The second kappa shape index (κ2) is 7.33. The number of benzene rings is 1. The van der Waals surface area contributed by atoms with Gasteiger partial charge in [0.15, 0.2) is 0 Å². The molecule has 0 aromatic heterocycles. The molecule has 0 saturated carbocycles. The van der Waals surface area contributed by atoms with Crippen molar-refractivity contribution in [3.8, 4) is 5.75 Å². The largest absolute Gasteiger partial charge is 0.497 e. The first kappa shape index (κ1) is 17.8. The Bertz CT molecular complexity index is 629. The first-order valence-corrected chi connectivity index (χ1v) is 8.03. The van der Waals surface area contributed by atoms with Crippen LogP contribution < -0.4 is 15.4 Å². The fraction of sp³-hybridized carbons (Fsp3) is 0.471. The Kier molecular flexibility index (Phi) is 5.43. The summed E-state index contributed by atoms with van der Waals surface area (Å²) in [6.07, 6.45) is 1.17. The molecule has 7 heteroatoms. The van der Waals surface area contributed by atoms with Crippen LogP contribution in [-0.2, 0) is 15.1 Å². The van der Waals surface area contributed by atoms with Crippen molar-refractivity contribution in [1.82, 2.24) is 15.5 Å². The SMILES string of the molecule is CCCNC(=O)CN1C(=O)N[C@](CC)(c2ccc(OC)cc2)C1=O. The smallest absolute Gasteiger partial charge is 0.325 e. The minimum absolute atomic E-state index is 0.275. The number of carbonyl (C=O) groups is 3. The molecule has 1 aromatic carbocycles. The number of nitrogens with one attached hydrogen (secondary N) is 2. The van der Waals surface area contributed by atoms with Gasteiger partial charge in [-0.25, -0.2) is 4.79 Å². The van der Waals surface area contributed by atoms with Crippen molar-refractivity contribution < 1.29 is 19.1 Å². The number of methoxy groups -OCH3 is 1. The Labute approximate surface area is 141 Å². The highest BCUT2D eigenvalue weighted by atomic mass is 16.5. The minimum atomic E-state index is -1.14. The van der Waals surface area contributed by atoms with Crippen LogP contribution >= 0.6 is 0 Å². The van der Waals surface area contributed by atoms with E-state index in [2.05, 4.69) is 10.6 Å². The van der Waals surface area contributed by atoms with E-state index in [1.807, 2.05) is 13.8 Å². The van der Waals surface area contributed by atoms with Crippen molar-refractivity contribution in [2.45, 2.75) is 32.2 Å². The standard InChI is InChI=1S/C17H23N3O4/c1-4-10-18-14(21)11-20-15(22)17(5-2,19-16(20)23)12-6-8-13(24-3)9-7-12/h6-9H,4-5,10-11H2,1-3H3,(H,18,21)(H,19,23)/t17-/m1/s1. The summed E-state index contributed by atoms with van der Waals surface area (Å²) in [5.74, 6) is -0.0913. The fourth-order valence-electron chi connectivity index (χ4n) is 2.75. The molecule has 0 spiro atoms. The van der Waals surface area contributed by atoms with Crippen LogP contribution in [0.15, 0.2) is 24.3 Å². The van der Waals surface area contributed by atoms with Crippen LogP contribution in [0.5, 0.6) is 5.75 Å². The molecular weight excluding hydrogens is 310 g/mol. The first-order valence-electron chi connectivity index (χ1n) is 8.03. The zero-order valence-electron chi connectivity index (χ0n) is 14.2. The van der Waals surface area contributed by atoms with Crippen molar-refractivity contribution >= 4 is 17.8 Å². The molecule has 1 aliphatic rings. The Hall–Kier alpha value is -2.57. The van der Waals surface area contributed by atoms with E-state index in [-0.39, 0.29) is 12.5 Å². The lowest BCUT2D eigenvalue weighted by Crippen LogP contribution is -2.44. The third-order valence-corrected chi connectivity index (χ3v) is 4.16. The van der Waals surface area contributed by atoms with Gasteiger partial charge in [0.1, 0.15) is 17.8 Å². The van der Waals surface area contributed by atoms with Crippen LogP contribution in [0.1, 0.15) is 32.3 Å². The lowest BCUT2D eigenvalue weighted by molar-refractivity contribution is -0.135. The molecule has 1 atom stereocenters. The monoisotopic (exact) mass is 333 g/mol. The zero-order chi connectivity index (χ0) is 17.7. The molecule has 1 aromatic rings. The molecule has 7 nitrogen and oxygen atoms in total. The third-order valence-electron chi connectivity index (χ3n) is 4.16. The molecule has 0 aliphatic carbocycles. The van der Waals surface area contributed by atoms with Gasteiger partial charge in [-0.1, -0.05) is 26.0 Å². The number of rotatable bonds is 7. The number of imide groups is 1. The average molecular weight is 333 g/mol. The van der Waals surface area contributed by atoms with Crippen molar-refractivity contribution in [3.05, 3.63) is 29.8 Å². The molecule has 0 unspecified atom stereocenters. The Morgan fingerprint density at radius 2 is 1.92 bits per heavy atom. The highest BCUT2D eigenvalue weighted by Crippen LogP contribution is 2.33. The summed E-state index contributed by atoms with van der Waals surface area (Å²) in [5, 5.41) is 5.42. The number of amides is 4. The molecular formula is C17H23N3O4. The van der Waals surface area contributed by atoms with Gasteiger partial charge in [0.05, 0.1) is 7.11 Å². The Morgan fingerprint density at radius 1 is 1.25 bits per heavy atom. The summed E-state index contributed by atoms with van der Waals surface area (Å²) < 4.78 is 5.12. The van der Waals surface area contributed by atoms with Gasteiger partial charge < -0.3 is 15.4 Å². The molecule has 1 saturated heterocycles. The maximum atomic E-state index is 12.9. The van der Waals surface area contributed by atoms with E-state index in [4.69, 9.17) is 4.74 Å². The van der Waals surface area contributed by atoms with E-state index in [0.717, 1.165) is 11.3 Å². The van der Waals surface area contributed by atoms with E-state index < -0.39 is 17.5 Å². The van der Waals surface area contributed by atoms with Crippen LogP contribution in [0.3, 0.4) is 0 Å². The van der Waals surface area contributed by atoms with Crippen molar-refractivity contribution in [2.75, 3.05) is 20.2 Å². The predicted octanol–water partition coefficient (Wildman–Crippen LogP) is 1.38. The van der Waals surface area contributed by atoms with E-state index in [1.165, 1.54) is 0 Å². The van der Waals surface area contributed by atoms with Gasteiger partial charge in [-0.2, -0.15) is 0 Å². The van der Waals surface area contributed by atoms with Gasteiger partial charge in [0.25, 0.3) is 5.91 Å². The van der Waals surface area contributed by atoms with E-state index >= 15 is 0 Å². The van der Waals surface area contributed by atoms with E-state index in [0.29, 0.717) is 24.3 Å². The minimum Gasteiger partial charge on any atom is -0.497 e. The number of hydrogen-bond acceptors (Lipinski definition) is 4. The molecule has 1 heterocycles. The highest BCUT2D eigenvalue weighted by molar-refractivity contribution is 6.09. The topological polar surface area (TPSA) is 87.7 Å². The highest BCUT2D eigenvalue weighted by Gasteiger charge is 2.51. The first-order chi connectivity index (χ1) is 11.5. The second-order valence-electron chi connectivity index (χ2n) is 5.66. The van der Waals surface area contributed by atoms with Crippen LogP contribution in [0.4, 0.5) is 4.79 Å². The number of carbonyl (C=O) groups excluding carboxylic acids is 3. The molecule has 130 valence electrons. The van der Waals surface area contributed by atoms with Crippen molar-refractivity contribution in [2.24, 2.45) is 0 Å². The van der Waals surface area contributed by atoms with Gasteiger partial charge in [-0.3, -0.25) is 14.5 Å². The number of ether oxygens (including phenoxy) is 1. The molecule has 0 radical (unpaired) electrons. The maximum Gasteiger partial charge on any atom is 0.325 e. The van der Waals surface area contributed by atoms with Gasteiger partial charge in [-0.05, 0) is 30.5 Å². The lowest BCUT2D eigenvalue weighted by Gasteiger charge is -2.26. The molecule has 4 amide bonds. The molecule has 0 bridgehead atoms. The van der Waals surface area contributed by atoms with Crippen LogP contribution in [0, 0.1) is 0 Å². The summed E-state index contributed by atoms with van der Waals surface area (Å²) in [6.45, 7) is 3.99. The maximum absolute atomic E-state index is 12.9. The predicted molar refractivity (Wildman–Crippen MR) is 88.5 cm³/mol. The molecule has 1 aliphatic heterocycles. The van der Waals surface area contributed by atoms with Gasteiger partial charge in [0.2, 0.25) is 5.91 Å². The second-order valence-corrected chi connectivity index (χ2v) is 5.66. The summed E-state index contributed by atoms with van der Waals surface area (Å²) >= 11 is 0. The van der Waals surface area contributed by atoms with Crippen molar-refractivity contribution in [1.29, 1.82) is 0 Å². The number of hydrogen-bond donors (Lipinski definition) is 2.